The van der Waals surface area contributed by atoms with Crippen molar-refractivity contribution in [1.29, 1.82) is 0 Å². The van der Waals surface area contributed by atoms with Gasteiger partial charge in [-0.2, -0.15) is 0 Å². The Morgan fingerprint density at radius 3 is 2.68 bits per heavy atom. The molecule has 130 valence electrons. The van der Waals surface area contributed by atoms with Crippen molar-refractivity contribution in [2.75, 3.05) is 52.5 Å². The summed E-state index contributed by atoms with van der Waals surface area (Å²) in [6.07, 6.45) is 2.66. The summed E-state index contributed by atoms with van der Waals surface area (Å²) in [5.41, 5.74) is 0. The summed E-state index contributed by atoms with van der Waals surface area (Å²) in [5, 5.41) is 6.70. The fourth-order valence-electron chi connectivity index (χ4n) is 2.71. The van der Waals surface area contributed by atoms with Crippen LogP contribution in [0.25, 0.3) is 0 Å². The van der Waals surface area contributed by atoms with Crippen LogP contribution in [0.5, 0.6) is 0 Å². The molecule has 2 saturated heterocycles. The predicted octanol–water partition coefficient (Wildman–Crippen LogP) is 1.06. The molecule has 0 aromatic carbocycles. The Labute approximate surface area is 151 Å². The van der Waals surface area contributed by atoms with Gasteiger partial charge < -0.3 is 20.1 Å². The van der Waals surface area contributed by atoms with Gasteiger partial charge in [0, 0.05) is 38.8 Å². The average molecular weight is 426 g/mol. The van der Waals surface area contributed by atoms with Gasteiger partial charge in [0.15, 0.2) is 5.96 Å². The van der Waals surface area contributed by atoms with Gasteiger partial charge in [0.2, 0.25) is 0 Å². The minimum Gasteiger partial charge on any atom is -0.379 e. The van der Waals surface area contributed by atoms with Gasteiger partial charge in [-0.3, -0.25) is 9.89 Å². The largest absolute Gasteiger partial charge is 0.379 e. The number of guanidine groups is 1. The molecule has 2 N–H and O–H groups in total. The third-order valence-electron chi connectivity index (χ3n) is 4.05. The van der Waals surface area contributed by atoms with Crippen molar-refractivity contribution in [3.63, 3.8) is 0 Å². The molecule has 0 aromatic rings. The molecule has 22 heavy (non-hydrogen) atoms. The zero-order chi connectivity index (χ0) is 14.9. The number of nitrogens with zero attached hydrogens (tertiary/aromatic N) is 2. The minimum absolute atomic E-state index is 0. The third-order valence-corrected chi connectivity index (χ3v) is 4.05. The molecular weight excluding hydrogens is 395 g/mol. The Morgan fingerprint density at radius 1 is 1.27 bits per heavy atom. The van der Waals surface area contributed by atoms with E-state index in [9.17, 15) is 0 Å². The SMILES string of the molecule is CCNC(=NCC(C)N1CCOCC1)NCC1CCCO1.I. The zero-order valence-corrected chi connectivity index (χ0v) is 16.2. The van der Waals surface area contributed by atoms with Crippen molar-refractivity contribution in [3.05, 3.63) is 0 Å². The third kappa shape index (κ3) is 6.97. The van der Waals surface area contributed by atoms with Crippen LogP contribution in [0.15, 0.2) is 4.99 Å². The molecule has 0 bridgehead atoms. The summed E-state index contributed by atoms with van der Waals surface area (Å²) >= 11 is 0. The van der Waals surface area contributed by atoms with E-state index in [0.717, 1.165) is 64.9 Å². The van der Waals surface area contributed by atoms with E-state index in [1.54, 1.807) is 0 Å². The van der Waals surface area contributed by atoms with Gasteiger partial charge in [0.1, 0.15) is 0 Å². The highest BCUT2D eigenvalue weighted by Gasteiger charge is 2.17. The molecule has 2 heterocycles. The lowest BCUT2D eigenvalue weighted by Gasteiger charge is -2.31. The van der Waals surface area contributed by atoms with E-state index in [0.29, 0.717) is 12.1 Å². The summed E-state index contributed by atoms with van der Waals surface area (Å²) in [4.78, 5) is 7.15. The van der Waals surface area contributed by atoms with Crippen LogP contribution in [0.3, 0.4) is 0 Å². The van der Waals surface area contributed by atoms with Gasteiger partial charge in [-0.1, -0.05) is 0 Å². The lowest BCUT2D eigenvalue weighted by molar-refractivity contribution is 0.0220. The topological polar surface area (TPSA) is 58.1 Å². The number of hydrogen-bond acceptors (Lipinski definition) is 4. The summed E-state index contributed by atoms with van der Waals surface area (Å²) in [6.45, 7) is 11.5. The van der Waals surface area contributed by atoms with Crippen LogP contribution in [0.1, 0.15) is 26.7 Å². The first-order valence-corrected chi connectivity index (χ1v) is 8.25. The lowest BCUT2D eigenvalue weighted by atomic mass is 10.2. The zero-order valence-electron chi connectivity index (χ0n) is 13.8. The van der Waals surface area contributed by atoms with Crippen LogP contribution >= 0.6 is 24.0 Å². The van der Waals surface area contributed by atoms with Crippen molar-refractivity contribution in [3.8, 4) is 0 Å². The van der Waals surface area contributed by atoms with Gasteiger partial charge in [-0.15, -0.1) is 24.0 Å². The quantitative estimate of drug-likeness (QED) is 0.378. The molecular formula is C15H31IN4O2. The number of morpholine rings is 1. The Morgan fingerprint density at radius 2 is 2.05 bits per heavy atom. The molecule has 0 radical (unpaired) electrons. The number of aliphatic imine (C=N–C) groups is 1. The maximum atomic E-state index is 5.63. The van der Waals surface area contributed by atoms with Crippen LogP contribution in [0.2, 0.25) is 0 Å². The molecule has 2 atom stereocenters. The van der Waals surface area contributed by atoms with E-state index in [4.69, 9.17) is 14.5 Å². The van der Waals surface area contributed by atoms with Crippen molar-refractivity contribution in [2.24, 2.45) is 4.99 Å². The Bertz CT molecular complexity index is 319. The van der Waals surface area contributed by atoms with E-state index in [-0.39, 0.29) is 24.0 Å². The van der Waals surface area contributed by atoms with E-state index >= 15 is 0 Å². The molecule has 2 unspecified atom stereocenters. The summed E-state index contributed by atoms with van der Waals surface area (Å²) in [7, 11) is 0. The maximum Gasteiger partial charge on any atom is 0.191 e. The van der Waals surface area contributed by atoms with Crippen molar-refractivity contribution in [1.82, 2.24) is 15.5 Å². The standard InChI is InChI=1S/C15H30N4O2.HI/c1-3-16-15(18-12-14-5-4-8-21-14)17-11-13(2)19-6-9-20-10-7-19;/h13-14H,3-12H2,1-2H3,(H2,16,17,18);1H. The molecule has 2 aliphatic heterocycles. The van der Waals surface area contributed by atoms with Gasteiger partial charge >= 0.3 is 0 Å². The van der Waals surface area contributed by atoms with E-state index < -0.39 is 0 Å². The lowest BCUT2D eigenvalue weighted by Crippen LogP contribution is -2.45. The van der Waals surface area contributed by atoms with E-state index in [1.165, 1.54) is 6.42 Å². The van der Waals surface area contributed by atoms with Gasteiger partial charge in [-0.05, 0) is 26.7 Å². The molecule has 2 fully saturated rings. The van der Waals surface area contributed by atoms with Crippen molar-refractivity contribution in [2.45, 2.75) is 38.8 Å². The Kier molecular flexibility index (Phi) is 10.3. The highest BCUT2D eigenvalue weighted by atomic mass is 127. The molecule has 0 aliphatic carbocycles. The first kappa shape index (κ1) is 19.9. The van der Waals surface area contributed by atoms with Crippen LogP contribution in [-0.2, 0) is 9.47 Å². The maximum absolute atomic E-state index is 5.63. The Hall–Kier alpha value is -0.120. The van der Waals surface area contributed by atoms with Crippen LogP contribution in [0.4, 0.5) is 0 Å². The predicted molar refractivity (Wildman–Crippen MR) is 100 cm³/mol. The normalized spacial score (nSPS) is 24.6. The second-order valence-electron chi connectivity index (χ2n) is 5.73. The van der Waals surface area contributed by atoms with Crippen molar-refractivity contribution >= 4 is 29.9 Å². The fourth-order valence-corrected chi connectivity index (χ4v) is 2.71. The first-order chi connectivity index (χ1) is 10.3. The van der Waals surface area contributed by atoms with Crippen LogP contribution < -0.4 is 10.6 Å². The molecule has 2 aliphatic rings. The summed E-state index contributed by atoms with van der Waals surface area (Å²) in [5.74, 6) is 0.896. The molecule has 6 nitrogen and oxygen atoms in total. The fraction of sp³-hybridized carbons (Fsp3) is 0.933. The highest BCUT2D eigenvalue weighted by molar-refractivity contribution is 14.0. The smallest absolute Gasteiger partial charge is 0.191 e. The molecule has 0 saturated carbocycles. The molecule has 7 heteroatoms. The van der Waals surface area contributed by atoms with Gasteiger partial charge in [0.25, 0.3) is 0 Å². The van der Waals surface area contributed by atoms with Crippen LogP contribution in [0, 0.1) is 0 Å². The van der Waals surface area contributed by atoms with E-state index in [2.05, 4.69) is 29.4 Å². The number of halogens is 1. The first-order valence-electron chi connectivity index (χ1n) is 8.25. The van der Waals surface area contributed by atoms with Crippen LogP contribution in [-0.4, -0.2) is 75.5 Å². The molecule has 0 spiro atoms. The molecule has 0 aromatic heterocycles. The summed E-state index contributed by atoms with van der Waals surface area (Å²) < 4.78 is 11.0. The monoisotopic (exact) mass is 426 g/mol. The number of rotatable bonds is 6. The summed E-state index contributed by atoms with van der Waals surface area (Å²) in [6, 6.07) is 0.451. The average Bonchev–Trinajstić information content (AvgIpc) is 3.04. The molecule has 0 amide bonds. The number of nitrogens with one attached hydrogen (secondary N) is 2. The number of ether oxygens (including phenoxy) is 2. The highest BCUT2D eigenvalue weighted by Crippen LogP contribution is 2.10. The molecule has 2 rings (SSSR count). The van der Waals surface area contributed by atoms with Gasteiger partial charge in [-0.25, -0.2) is 0 Å². The Balaban J connectivity index is 0.00000242. The minimum atomic E-state index is 0. The van der Waals surface area contributed by atoms with E-state index in [1.807, 2.05) is 0 Å². The second kappa shape index (κ2) is 11.4. The van der Waals surface area contributed by atoms with Gasteiger partial charge in [0.05, 0.1) is 25.9 Å². The second-order valence-corrected chi connectivity index (χ2v) is 5.73. The van der Waals surface area contributed by atoms with Crippen molar-refractivity contribution < 1.29 is 9.47 Å². The number of hydrogen-bond donors (Lipinski definition) is 2.